The maximum Gasteiger partial charge on any atom is 0.229 e. The molecule has 1 atom stereocenters. The van der Waals surface area contributed by atoms with Gasteiger partial charge in [-0.3, -0.25) is 9.59 Å². The van der Waals surface area contributed by atoms with E-state index in [1.54, 1.807) is 29.7 Å². The van der Waals surface area contributed by atoms with Crippen LogP contribution in [-0.2, 0) is 9.59 Å². The van der Waals surface area contributed by atoms with Gasteiger partial charge in [-0.25, -0.2) is 4.39 Å². The van der Waals surface area contributed by atoms with Gasteiger partial charge >= 0.3 is 0 Å². The number of hydrogen-bond donors (Lipinski definition) is 1. The Morgan fingerprint density at radius 3 is 2.84 bits per heavy atom. The fraction of sp³-hybridized carbons (Fsp3) is 0.263. The van der Waals surface area contributed by atoms with Gasteiger partial charge in [0, 0.05) is 29.2 Å². The summed E-state index contributed by atoms with van der Waals surface area (Å²) in [6, 6.07) is 12.0. The van der Waals surface area contributed by atoms with Crippen molar-refractivity contribution in [3.63, 3.8) is 0 Å². The van der Waals surface area contributed by atoms with Crippen LogP contribution in [0.1, 0.15) is 12.0 Å². The first-order valence-corrected chi connectivity index (χ1v) is 9.22. The lowest BCUT2D eigenvalue weighted by atomic mass is 10.1. The van der Waals surface area contributed by atoms with Gasteiger partial charge in [0.05, 0.1) is 5.92 Å². The Bertz CT molecular complexity index is 825. The van der Waals surface area contributed by atoms with Crippen molar-refractivity contribution in [3.8, 4) is 0 Å². The van der Waals surface area contributed by atoms with Gasteiger partial charge in [0.1, 0.15) is 5.82 Å². The molecule has 0 saturated carbocycles. The van der Waals surface area contributed by atoms with Crippen LogP contribution >= 0.6 is 11.8 Å². The van der Waals surface area contributed by atoms with Crippen LogP contribution in [0.15, 0.2) is 47.4 Å². The number of carbonyl (C=O) groups is 2. The molecule has 1 N–H and O–H groups in total. The Hall–Kier alpha value is -2.34. The number of hydrogen-bond acceptors (Lipinski definition) is 3. The molecule has 0 radical (unpaired) electrons. The summed E-state index contributed by atoms with van der Waals surface area (Å²) >= 11 is 1.60. The van der Waals surface area contributed by atoms with Gasteiger partial charge in [0.2, 0.25) is 11.8 Å². The number of nitrogens with zero attached hydrogens (tertiary/aromatic N) is 1. The molecule has 1 heterocycles. The highest BCUT2D eigenvalue weighted by Crippen LogP contribution is 2.29. The van der Waals surface area contributed by atoms with E-state index in [1.165, 1.54) is 12.1 Å². The molecule has 4 nitrogen and oxygen atoms in total. The van der Waals surface area contributed by atoms with Crippen molar-refractivity contribution in [3.05, 3.63) is 53.8 Å². The molecule has 2 aromatic carbocycles. The third-order valence-electron chi connectivity index (χ3n) is 4.32. The molecule has 0 unspecified atom stereocenters. The molecular formula is C19H19FN2O2S. The van der Waals surface area contributed by atoms with E-state index in [-0.39, 0.29) is 18.2 Å². The van der Waals surface area contributed by atoms with Crippen LogP contribution < -0.4 is 10.2 Å². The van der Waals surface area contributed by atoms with E-state index < -0.39 is 11.7 Å². The zero-order chi connectivity index (χ0) is 18.0. The van der Waals surface area contributed by atoms with E-state index in [0.717, 1.165) is 16.1 Å². The molecule has 25 heavy (non-hydrogen) atoms. The molecule has 0 aromatic heterocycles. The predicted molar refractivity (Wildman–Crippen MR) is 98.4 cm³/mol. The van der Waals surface area contributed by atoms with Crippen LogP contribution in [0.4, 0.5) is 15.8 Å². The second-order valence-corrected chi connectivity index (χ2v) is 6.94. The molecule has 1 saturated heterocycles. The molecule has 2 aromatic rings. The van der Waals surface area contributed by atoms with Crippen molar-refractivity contribution < 1.29 is 14.0 Å². The van der Waals surface area contributed by atoms with Crippen molar-refractivity contribution in [1.82, 2.24) is 0 Å². The summed E-state index contributed by atoms with van der Waals surface area (Å²) in [7, 11) is 0. The average molecular weight is 358 g/mol. The number of aryl methyl sites for hydroxylation is 1. The molecule has 2 amide bonds. The lowest BCUT2D eigenvalue weighted by Crippen LogP contribution is -2.28. The van der Waals surface area contributed by atoms with E-state index in [9.17, 15) is 14.0 Å². The molecule has 0 bridgehead atoms. The summed E-state index contributed by atoms with van der Waals surface area (Å²) in [6.45, 7) is 2.13. The second-order valence-electron chi connectivity index (χ2n) is 6.06. The Labute approximate surface area is 150 Å². The first kappa shape index (κ1) is 17.5. The number of carbonyl (C=O) groups excluding carboxylic acids is 2. The number of thioether (sulfide) groups is 1. The summed E-state index contributed by atoms with van der Waals surface area (Å²) < 4.78 is 13.4. The highest BCUT2D eigenvalue weighted by molar-refractivity contribution is 7.98. The minimum atomic E-state index is -0.451. The zero-order valence-corrected chi connectivity index (χ0v) is 14.9. The summed E-state index contributed by atoms with van der Waals surface area (Å²) in [6.07, 6.45) is 2.13. The molecule has 1 aliphatic heterocycles. The molecule has 0 aliphatic carbocycles. The van der Waals surface area contributed by atoms with Crippen LogP contribution in [0.25, 0.3) is 0 Å². The minimum absolute atomic E-state index is 0.0747. The maximum atomic E-state index is 13.4. The monoisotopic (exact) mass is 358 g/mol. The predicted octanol–water partition coefficient (Wildman–Crippen LogP) is 3.85. The Balaban J connectivity index is 1.73. The molecular weight excluding hydrogens is 339 g/mol. The zero-order valence-electron chi connectivity index (χ0n) is 14.1. The van der Waals surface area contributed by atoms with Crippen LogP contribution in [-0.4, -0.2) is 24.6 Å². The minimum Gasteiger partial charge on any atom is -0.325 e. The number of anilines is 2. The van der Waals surface area contributed by atoms with Crippen molar-refractivity contribution in [1.29, 1.82) is 0 Å². The molecule has 0 spiro atoms. The third kappa shape index (κ3) is 3.85. The molecule has 6 heteroatoms. The smallest absolute Gasteiger partial charge is 0.229 e. The molecule has 130 valence electrons. The van der Waals surface area contributed by atoms with E-state index >= 15 is 0 Å². The largest absolute Gasteiger partial charge is 0.325 e. The van der Waals surface area contributed by atoms with Gasteiger partial charge < -0.3 is 10.2 Å². The van der Waals surface area contributed by atoms with Crippen LogP contribution in [0, 0.1) is 18.7 Å². The molecule has 1 aliphatic rings. The molecule has 3 rings (SSSR count). The number of halogens is 1. The number of amides is 2. The standard InChI is InChI=1S/C19H19FN2O2S/c1-12-6-7-14(20)9-17(12)21-19(24)13-8-18(23)22(11-13)15-4-3-5-16(10-15)25-2/h3-7,9-10,13H,8,11H2,1-2H3,(H,21,24)/t13-/m0/s1. The van der Waals surface area contributed by atoms with E-state index in [4.69, 9.17) is 0 Å². The number of nitrogens with one attached hydrogen (secondary N) is 1. The third-order valence-corrected chi connectivity index (χ3v) is 5.04. The van der Waals surface area contributed by atoms with Crippen LogP contribution in [0.2, 0.25) is 0 Å². The summed E-state index contributed by atoms with van der Waals surface area (Å²) in [5, 5.41) is 2.75. The topological polar surface area (TPSA) is 49.4 Å². The van der Waals surface area contributed by atoms with Gasteiger partial charge in [-0.2, -0.15) is 0 Å². The van der Waals surface area contributed by atoms with Crippen molar-refractivity contribution >= 4 is 35.0 Å². The Morgan fingerprint density at radius 1 is 1.28 bits per heavy atom. The summed E-state index contributed by atoms with van der Waals surface area (Å²) in [5.74, 6) is -1.19. The maximum absolute atomic E-state index is 13.4. The van der Waals surface area contributed by atoms with Gasteiger partial charge in [-0.1, -0.05) is 12.1 Å². The second kappa shape index (κ2) is 7.27. The van der Waals surface area contributed by atoms with Crippen molar-refractivity contribution in [2.45, 2.75) is 18.2 Å². The van der Waals surface area contributed by atoms with E-state index in [2.05, 4.69) is 5.32 Å². The van der Waals surface area contributed by atoms with Gasteiger partial charge in [-0.15, -0.1) is 11.8 Å². The Morgan fingerprint density at radius 2 is 2.08 bits per heavy atom. The highest BCUT2D eigenvalue weighted by Gasteiger charge is 2.35. The summed E-state index contributed by atoms with van der Waals surface area (Å²) in [5.41, 5.74) is 2.03. The quantitative estimate of drug-likeness (QED) is 0.845. The fourth-order valence-corrected chi connectivity index (χ4v) is 3.33. The average Bonchev–Trinajstić information content (AvgIpc) is 3.00. The fourth-order valence-electron chi connectivity index (χ4n) is 2.87. The first-order valence-electron chi connectivity index (χ1n) is 7.99. The van der Waals surface area contributed by atoms with Crippen molar-refractivity contribution in [2.24, 2.45) is 5.92 Å². The van der Waals surface area contributed by atoms with E-state index in [1.807, 2.05) is 30.5 Å². The molecule has 1 fully saturated rings. The normalized spacial score (nSPS) is 17.0. The Kier molecular flexibility index (Phi) is 5.08. The number of benzene rings is 2. The first-order chi connectivity index (χ1) is 12.0. The lowest BCUT2D eigenvalue weighted by Gasteiger charge is -2.17. The van der Waals surface area contributed by atoms with Gasteiger partial charge in [0.15, 0.2) is 0 Å². The van der Waals surface area contributed by atoms with Crippen LogP contribution in [0.3, 0.4) is 0 Å². The number of rotatable bonds is 4. The lowest BCUT2D eigenvalue weighted by molar-refractivity contribution is -0.122. The van der Waals surface area contributed by atoms with Gasteiger partial charge in [-0.05, 0) is 49.1 Å². The highest BCUT2D eigenvalue weighted by atomic mass is 32.2. The van der Waals surface area contributed by atoms with E-state index in [0.29, 0.717) is 12.2 Å². The summed E-state index contributed by atoms with van der Waals surface area (Å²) in [4.78, 5) is 27.6. The van der Waals surface area contributed by atoms with Crippen LogP contribution in [0.5, 0.6) is 0 Å². The SMILES string of the molecule is CSc1cccc(N2C[C@@H](C(=O)Nc3cc(F)ccc3C)CC2=O)c1. The van der Waals surface area contributed by atoms with Gasteiger partial charge in [0.25, 0.3) is 0 Å². The van der Waals surface area contributed by atoms with Crippen molar-refractivity contribution in [2.75, 3.05) is 23.0 Å².